The Hall–Kier alpha value is -2.52. The molecule has 146 valence electrons. The van der Waals surface area contributed by atoms with Crippen LogP contribution in [0, 0.1) is 6.92 Å². The van der Waals surface area contributed by atoms with Crippen molar-refractivity contribution in [2.45, 2.75) is 33.1 Å². The third-order valence-electron chi connectivity index (χ3n) is 4.18. The van der Waals surface area contributed by atoms with Gasteiger partial charge in [-0.1, -0.05) is 65.9 Å². The molecule has 3 rings (SSSR count). The van der Waals surface area contributed by atoms with Gasteiger partial charge < -0.3 is 5.32 Å². The fraction of sp³-hybridized carbons (Fsp3) is 0.316. The van der Waals surface area contributed by atoms with E-state index in [4.69, 9.17) is 12.2 Å². The molecule has 2 heterocycles. The normalized spacial score (nSPS) is 15.5. The smallest absolute Gasteiger partial charge is 0.266 e. The number of aromatic nitrogens is 2. The number of aryl methyl sites for hydroxylation is 2. The summed E-state index contributed by atoms with van der Waals surface area (Å²) in [4.78, 5) is 26.8. The molecule has 1 aromatic carbocycles. The van der Waals surface area contributed by atoms with E-state index in [0.29, 0.717) is 40.1 Å². The highest BCUT2D eigenvalue weighted by atomic mass is 32.2. The summed E-state index contributed by atoms with van der Waals surface area (Å²) in [6.45, 7) is 4.30. The Morgan fingerprint density at radius 3 is 2.79 bits per heavy atom. The van der Waals surface area contributed by atoms with Crippen molar-refractivity contribution in [3.8, 4) is 0 Å². The number of hydrogen-bond donors (Lipinski definition) is 1. The van der Waals surface area contributed by atoms with Crippen LogP contribution in [-0.2, 0) is 16.0 Å². The van der Waals surface area contributed by atoms with E-state index in [0.717, 1.165) is 11.1 Å². The number of thioether (sulfide) groups is 1. The Morgan fingerprint density at radius 2 is 2.07 bits per heavy atom. The number of benzene rings is 1. The van der Waals surface area contributed by atoms with Gasteiger partial charge in [-0.15, -0.1) is 0 Å². The van der Waals surface area contributed by atoms with Gasteiger partial charge in [-0.2, -0.15) is 0 Å². The van der Waals surface area contributed by atoms with Gasteiger partial charge in [-0.3, -0.25) is 14.5 Å². The Bertz CT molecular complexity index is 922. The molecule has 0 bridgehead atoms. The lowest BCUT2D eigenvalue weighted by atomic mass is 10.1. The average molecular weight is 417 g/mol. The van der Waals surface area contributed by atoms with Crippen molar-refractivity contribution in [3.63, 3.8) is 0 Å². The summed E-state index contributed by atoms with van der Waals surface area (Å²) in [6, 6.07) is 7.93. The first kappa shape index (κ1) is 20.2. The molecule has 1 aromatic heterocycles. The van der Waals surface area contributed by atoms with Crippen LogP contribution in [0.5, 0.6) is 0 Å². The van der Waals surface area contributed by atoms with Gasteiger partial charge in [0.25, 0.3) is 5.91 Å². The van der Waals surface area contributed by atoms with Crippen LogP contribution >= 0.6 is 24.0 Å². The highest BCUT2D eigenvalue weighted by Crippen LogP contribution is 2.32. The number of carbonyl (C=O) groups excluding carboxylic acids is 2. The maximum atomic E-state index is 12.6. The number of carbonyl (C=O) groups is 2. The summed E-state index contributed by atoms with van der Waals surface area (Å²) in [5.74, 6) is 0.0233. The fourth-order valence-corrected chi connectivity index (χ4v) is 3.94. The Balaban J connectivity index is 1.53. The van der Waals surface area contributed by atoms with Gasteiger partial charge in [-0.25, -0.2) is 4.63 Å². The van der Waals surface area contributed by atoms with Gasteiger partial charge in [0.2, 0.25) is 11.7 Å². The van der Waals surface area contributed by atoms with E-state index in [1.54, 1.807) is 4.90 Å². The van der Waals surface area contributed by atoms with Crippen LogP contribution in [0.4, 0.5) is 5.82 Å². The van der Waals surface area contributed by atoms with Crippen LogP contribution in [0.3, 0.4) is 0 Å². The molecule has 0 radical (unpaired) electrons. The highest BCUT2D eigenvalue weighted by Gasteiger charge is 2.31. The van der Waals surface area contributed by atoms with E-state index in [1.807, 2.05) is 44.2 Å². The standard InChI is InChI=1S/C19H20N4O3S2/c1-3-14-17(22-26-21-14)20-16(24)5-4-10-23-18(25)15(28-19(23)27)11-13-8-6-12(2)7-9-13/h6-9,11H,3-5,10H2,1-2H3,(H,20,22,24)/b15-11-. The molecule has 1 aliphatic heterocycles. The van der Waals surface area contributed by atoms with Crippen LogP contribution in [-0.4, -0.2) is 37.9 Å². The number of nitrogens with zero attached hydrogens (tertiary/aromatic N) is 3. The number of anilines is 1. The fourth-order valence-electron chi connectivity index (χ4n) is 2.63. The van der Waals surface area contributed by atoms with E-state index in [-0.39, 0.29) is 18.2 Å². The first-order chi connectivity index (χ1) is 13.5. The van der Waals surface area contributed by atoms with Gasteiger partial charge in [-0.05, 0) is 36.6 Å². The summed E-state index contributed by atoms with van der Waals surface area (Å²) in [5.41, 5.74) is 2.72. The number of rotatable bonds is 7. The number of hydrogen-bond acceptors (Lipinski definition) is 7. The lowest BCUT2D eigenvalue weighted by Crippen LogP contribution is -2.29. The molecule has 0 atom stereocenters. The largest absolute Gasteiger partial charge is 0.306 e. The summed E-state index contributed by atoms with van der Waals surface area (Å²) in [6.07, 6.45) is 3.19. The van der Waals surface area contributed by atoms with Crippen LogP contribution in [0.1, 0.15) is 36.6 Å². The van der Waals surface area contributed by atoms with E-state index in [2.05, 4.69) is 20.3 Å². The molecule has 7 nitrogen and oxygen atoms in total. The predicted octanol–water partition coefficient (Wildman–Crippen LogP) is 3.56. The second kappa shape index (κ2) is 9.11. The molecule has 0 unspecified atom stereocenters. The molecular formula is C19H20N4O3S2. The molecule has 28 heavy (non-hydrogen) atoms. The third kappa shape index (κ3) is 4.85. The molecule has 2 aromatic rings. The third-order valence-corrected chi connectivity index (χ3v) is 5.56. The Kier molecular flexibility index (Phi) is 6.58. The minimum atomic E-state index is -0.203. The minimum Gasteiger partial charge on any atom is -0.306 e. The minimum absolute atomic E-state index is 0.120. The van der Waals surface area contributed by atoms with Gasteiger partial charge in [0.05, 0.1) is 4.91 Å². The van der Waals surface area contributed by atoms with E-state index in [9.17, 15) is 9.59 Å². The van der Waals surface area contributed by atoms with E-state index < -0.39 is 0 Å². The summed E-state index contributed by atoms with van der Waals surface area (Å²) in [5, 5.41) is 10.1. The Labute approximate surface area is 172 Å². The lowest BCUT2D eigenvalue weighted by molar-refractivity contribution is -0.122. The number of amides is 2. The van der Waals surface area contributed by atoms with Crippen molar-refractivity contribution in [2.24, 2.45) is 0 Å². The highest BCUT2D eigenvalue weighted by molar-refractivity contribution is 8.26. The van der Waals surface area contributed by atoms with Crippen molar-refractivity contribution in [1.82, 2.24) is 15.2 Å². The zero-order valence-corrected chi connectivity index (χ0v) is 17.2. The van der Waals surface area contributed by atoms with E-state index >= 15 is 0 Å². The van der Waals surface area contributed by atoms with Gasteiger partial charge in [0.15, 0.2) is 0 Å². The molecule has 1 aliphatic rings. The SMILES string of the molecule is CCc1nonc1NC(=O)CCCN1C(=O)/C(=C/c2ccc(C)cc2)SC1=S. The van der Waals surface area contributed by atoms with Crippen molar-refractivity contribution in [2.75, 3.05) is 11.9 Å². The van der Waals surface area contributed by atoms with Gasteiger partial charge in [0, 0.05) is 13.0 Å². The first-order valence-electron chi connectivity index (χ1n) is 8.91. The average Bonchev–Trinajstić information content (AvgIpc) is 3.22. The summed E-state index contributed by atoms with van der Waals surface area (Å²) < 4.78 is 5.14. The molecule has 9 heteroatoms. The first-order valence-corrected chi connectivity index (χ1v) is 10.1. The van der Waals surface area contributed by atoms with Crippen molar-refractivity contribution in [1.29, 1.82) is 0 Å². The van der Waals surface area contributed by atoms with Crippen LogP contribution in [0.25, 0.3) is 6.08 Å². The molecular weight excluding hydrogens is 396 g/mol. The van der Waals surface area contributed by atoms with Gasteiger partial charge >= 0.3 is 0 Å². The van der Waals surface area contributed by atoms with Crippen molar-refractivity contribution >= 4 is 52.0 Å². The molecule has 0 saturated carbocycles. The van der Waals surface area contributed by atoms with Crippen molar-refractivity contribution in [3.05, 3.63) is 46.0 Å². The van der Waals surface area contributed by atoms with Crippen LogP contribution < -0.4 is 5.32 Å². The molecule has 0 aliphatic carbocycles. The van der Waals surface area contributed by atoms with Gasteiger partial charge in [0.1, 0.15) is 10.0 Å². The lowest BCUT2D eigenvalue weighted by Gasteiger charge is -2.13. The maximum absolute atomic E-state index is 12.6. The molecule has 1 fully saturated rings. The number of nitrogens with one attached hydrogen (secondary N) is 1. The number of thiocarbonyl (C=S) groups is 1. The maximum Gasteiger partial charge on any atom is 0.266 e. The molecule has 1 saturated heterocycles. The van der Waals surface area contributed by atoms with E-state index in [1.165, 1.54) is 11.8 Å². The van der Waals surface area contributed by atoms with Crippen LogP contribution in [0.15, 0.2) is 33.8 Å². The quantitative estimate of drug-likeness (QED) is 0.545. The second-order valence-electron chi connectivity index (χ2n) is 6.31. The summed E-state index contributed by atoms with van der Waals surface area (Å²) in [7, 11) is 0. The zero-order valence-electron chi connectivity index (χ0n) is 15.6. The van der Waals surface area contributed by atoms with Crippen molar-refractivity contribution < 1.29 is 14.2 Å². The Morgan fingerprint density at radius 1 is 1.32 bits per heavy atom. The predicted molar refractivity (Wildman–Crippen MR) is 113 cm³/mol. The molecule has 2 amide bonds. The monoisotopic (exact) mass is 416 g/mol. The summed E-state index contributed by atoms with van der Waals surface area (Å²) >= 11 is 6.62. The second-order valence-corrected chi connectivity index (χ2v) is 7.98. The topological polar surface area (TPSA) is 88.3 Å². The van der Waals surface area contributed by atoms with Crippen LogP contribution in [0.2, 0.25) is 0 Å². The molecule has 1 N–H and O–H groups in total. The zero-order chi connectivity index (χ0) is 20.1. The molecule has 0 spiro atoms.